The Morgan fingerprint density at radius 3 is 2.71 bits per heavy atom. The molecule has 0 aliphatic rings. The molecule has 0 aliphatic heterocycles. The van der Waals surface area contributed by atoms with Crippen LogP contribution < -0.4 is 5.32 Å². The number of carbonyl (C=O) groups excluding carboxylic acids is 1. The van der Waals surface area contributed by atoms with Gasteiger partial charge in [-0.15, -0.1) is 22.7 Å². The number of hydrogen-bond donors (Lipinski definition) is 2. The summed E-state index contributed by atoms with van der Waals surface area (Å²) in [4.78, 5) is 29.0. The maximum Gasteiger partial charge on any atom is 0.339 e. The average Bonchev–Trinajstić information content (AvgIpc) is 3.34. The van der Waals surface area contributed by atoms with Crippen LogP contribution in [0.5, 0.6) is 0 Å². The van der Waals surface area contributed by atoms with Gasteiger partial charge in [0, 0.05) is 28.7 Å². The number of rotatable bonds is 4. The van der Waals surface area contributed by atoms with E-state index in [-0.39, 0.29) is 32.9 Å². The fraction of sp³-hybridized carbons (Fsp3) is 0.0556. The fourth-order valence-electron chi connectivity index (χ4n) is 2.71. The lowest BCUT2D eigenvalue weighted by Gasteiger charge is -2.07. The van der Waals surface area contributed by atoms with E-state index in [9.17, 15) is 23.5 Å². The number of carboxylic acid groups (broad SMARTS) is 1. The zero-order valence-corrected chi connectivity index (χ0v) is 15.8. The maximum atomic E-state index is 14.4. The Hall–Kier alpha value is -3.11. The van der Waals surface area contributed by atoms with E-state index in [4.69, 9.17) is 0 Å². The number of benzene rings is 1. The van der Waals surface area contributed by atoms with Crippen molar-refractivity contribution in [2.75, 3.05) is 5.32 Å². The van der Waals surface area contributed by atoms with Crippen LogP contribution in [0.4, 0.5) is 14.5 Å². The molecule has 3 heterocycles. The Morgan fingerprint density at radius 1 is 1.21 bits per heavy atom. The van der Waals surface area contributed by atoms with E-state index in [1.54, 1.807) is 10.6 Å². The van der Waals surface area contributed by atoms with Crippen molar-refractivity contribution >= 4 is 45.2 Å². The minimum absolute atomic E-state index is 0.00534. The second-order valence-corrected chi connectivity index (χ2v) is 7.64. The topological polar surface area (TPSA) is 83.7 Å². The molecule has 0 unspecified atom stereocenters. The lowest BCUT2D eigenvalue weighted by atomic mass is 10.1. The second kappa shape index (κ2) is 6.80. The SMILES string of the molecule is Cc1ccc(-c2scc(NC(=O)c3cn4ccsc4n3)c2C(=O)O)c(F)c1F. The van der Waals surface area contributed by atoms with Gasteiger partial charge in [-0.3, -0.25) is 9.20 Å². The number of nitrogens with one attached hydrogen (secondary N) is 1. The number of aromatic carboxylic acids is 1. The van der Waals surface area contributed by atoms with Crippen molar-refractivity contribution in [2.24, 2.45) is 0 Å². The van der Waals surface area contributed by atoms with Gasteiger partial charge in [0.1, 0.15) is 11.3 Å². The van der Waals surface area contributed by atoms with Gasteiger partial charge in [-0.1, -0.05) is 12.1 Å². The molecule has 6 nitrogen and oxygen atoms in total. The van der Waals surface area contributed by atoms with Crippen LogP contribution in [-0.4, -0.2) is 26.4 Å². The van der Waals surface area contributed by atoms with Crippen LogP contribution in [0, 0.1) is 18.6 Å². The lowest BCUT2D eigenvalue weighted by Crippen LogP contribution is -2.14. The molecule has 4 aromatic rings. The van der Waals surface area contributed by atoms with Gasteiger partial charge < -0.3 is 10.4 Å². The van der Waals surface area contributed by atoms with Crippen LogP contribution in [0.2, 0.25) is 0 Å². The van der Waals surface area contributed by atoms with E-state index in [2.05, 4.69) is 10.3 Å². The number of hydrogen-bond acceptors (Lipinski definition) is 5. The highest BCUT2D eigenvalue weighted by Crippen LogP contribution is 2.38. The van der Waals surface area contributed by atoms with Crippen LogP contribution in [0.1, 0.15) is 26.4 Å². The molecule has 2 N–H and O–H groups in total. The molecule has 0 fully saturated rings. The standard InChI is InChI=1S/C18H11F2N3O3S2/c1-8-2-3-9(14(20)13(8)19)15-12(17(25)26)11(7-28-15)21-16(24)10-6-23-4-5-27-18(23)22-10/h2-7H,1H3,(H,21,24)(H,25,26). The number of halogens is 2. The summed E-state index contributed by atoms with van der Waals surface area (Å²) >= 11 is 2.25. The Labute approximate surface area is 164 Å². The Bertz CT molecular complexity index is 1210. The largest absolute Gasteiger partial charge is 0.478 e. The number of amides is 1. The van der Waals surface area contributed by atoms with E-state index in [0.717, 1.165) is 11.3 Å². The number of fused-ring (bicyclic) bond motifs is 1. The monoisotopic (exact) mass is 419 g/mol. The van der Waals surface area contributed by atoms with Gasteiger partial charge in [0.05, 0.1) is 10.6 Å². The smallest absolute Gasteiger partial charge is 0.339 e. The first-order valence-electron chi connectivity index (χ1n) is 7.90. The molecule has 0 atom stereocenters. The summed E-state index contributed by atoms with van der Waals surface area (Å²) in [6, 6.07) is 2.69. The van der Waals surface area contributed by atoms with Gasteiger partial charge in [-0.05, 0) is 12.5 Å². The molecule has 1 aromatic carbocycles. The molecule has 1 amide bonds. The number of imidazole rings is 1. The van der Waals surface area contributed by atoms with Crippen LogP contribution in [0.15, 0.2) is 35.3 Å². The summed E-state index contributed by atoms with van der Waals surface area (Å²) in [5.74, 6) is -4.13. The van der Waals surface area contributed by atoms with Gasteiger partial charge in [-0.2, -0.15) is 0 Å². The van der Waals surface area contributed by atoms with Gasteiger partial charge in [0.25, 0.3) is 5.91 Å². The summed E-state index contributed by atoms with van der Waals surface area (Å²) in [5.41, 5.74) is -0.254. The molecule has 4 rings (SSSR count). The lowest BCUT2D eigenvalue weighted by molar-refractivity contribution is 0.0699. The predicted octanol–water partition coefficient (Wildman–Crippen LogP) is 4.66. The molecular formula is C18H11F2N3O3S2. The molecule has 0 saturated carbocycles. The number of anilines is 1. The Balaban J connectivity index is 1.73. The average molecular weight is 419 g/mol. The molecule has 0 spiro atoms. The van der Waals surface area contributed by atoms with E-state index in [0.29, 0.717) is 4.96 Å². The molecule has 0 saturated heterocycles. The van der Waals surface area contributed by atoms with Gasteiger partial charge in [0.15, 0.2) is 16.6 Å². The summed E-state index contributed by atoms with van der Waals surface area (Å²) in [5, 5.41) is 15.3. The molecule has 0 aliphatic carbocycles. The van der Waals surface area contributed by atoms with Gasteiger partial charge in [0.2, 0.25) is 0 Å². The number of thiazole rings is 1. The van der Waals surface area contributed by atoms with Gasteiger partial charge >= 0.3 is 5.97 Å². The molecule has 0 radical (unpaired) electrons. The number of nitrogens with zero attached hydrogens (tertiary/aromatic N) is 2. The first kappa shape index (κ1) is 18.3. The third kappa shape index (κ3) is 2.96. The first-order chi connectivity index (χ1) is 13.4. The Morgan fingerprint density at radius 2 is 2.00 bits per heavy atom. The van der Waals surface area contributed by atoms with Crippen molar-refractivity contribution in [1.29, 1.82) is 0 Å². The zero-order valence-electron chi connectivity index (χ0n) is 14.2. The third-order valence-corrected chi connectivity index (χ3v) is 5.88. The number of aromatic nitrogens is 2. The summed E-state index contributed by atoms with van der Waals surface area (Å²) in [7, 11) is 0. The Kier molecular flexibility index (Phi) is 4.44. The molecule has 0 bridgehead atoms. The molecule has 3 aromatic heterocycles. The number of aryl methyl sites for hydroxylation is 1. The van der Waals surface area contributed by atoms with Crippen LogP contribution in [0.3, 0.4) is 0 Å². The summed E-state index contributed by atoms with van der Waals surface area (Å²) in [6.07, 6.45) is 3.26. The van der Waals surface area contributed by atoms with Crippen LogP contribution in [0.25, 0.3) is 15.4 Å². The minimum Gasteiger partial charge on any atom is -0.478 e. The van der Waals surface area contributed by atoms with Crippen molar-refractivity contribution in [1.82, 2.24) is 9.38 Å². The highest BCUT2D eigenvalue weighted by atomic mass is 32.1. The maximum absolute atomic E-state index is 14.4. The van der Waals surface area contributed by atoms with E-state index >= 15 is 0 Å². The molecule has 142 valence electrons. The van der Waals surface area contributed by atoms with Gasteiger partial charge in [-0.25, -0.2) is 18.6 Å². The molecule has 28 heavy (non-hydrogen) atoms. The van der Waals surface area contributed by atoms with E-state index in [1.807, 2.05) is 5.38 Å². The van der Waals surface area contributed by atoms with Crippen molar-refractivity contribution in [2.45, 2.75) is 6.92 Å². The van der Waals surface area contributed by atoms with Crippen LogP contribution >= 0.6 is 22.7 Å². The molecule has 10 heteroatoms. The van der Waals surface area contributed by atoms with Crippen molar-refractivity contribution < 1.29 is 23.5 Å². The fourth-order valence-corrected chi connectivity index (χ4v) is 4.42. The second-order valence-electron chi connectivity index (χ2n) is 5.89. The number of thiophene rings is 1. The molecular weight excluding hydrogens is 408 g/mol. The zero-order chi connectivity index (χ0) is 20.0. The van der Waals surface area contributed by atoms with Crippen molar-refractivity contribution in [3.63, 3.8) is 0 Å². The number of carboxylic acids is 1. The van der Waals surface area contributed by atoms with Crippen LogP contribution in [-0.2, 0) is 0 Å². The highest BCUT2D eigenvalue weighted by molar-refractivity contribution is 7.15. The highest BCUT2D eigenvalue weighted by Gasteiger charge is 2.25. The van der Waals surface area contributed by atoms with E-state index < -0.39 is 23.5 Å². The normalized spacial score (nSPS) is 11.1. The third-order valence-electron chi connectivity index (χ3n) is 4.10. The summed E-state index contributed by atoms with van der Waals surface area (Å²) < 4.78 is 29.9. The van der Waals surface area contributed by atoms with Crippen molar-refractivity contribution in [3.05, 3.63) is 63.7 Å². The predicted molar refractivity (Wildman–Crippen MR) is 102 cm³/mol. The first-order valence-corrected chi connectivity index (χ1v) is 9.66. The quantitative estimate of drug-likeness (QED) is 0.504. The van der Waals surface area contributed by atoms with E-state index in [1.165, 1.54) is 42.0 Å². The minimum atomic E-state index is -1.36. The van der Waals surface area contributed by atoms with Crippen molar-refractivity contribution in [3.8, 4) is 10.4 Å². The number of carbonyl (C=O) groups is 2. The summed E-state index contributed by atoms with van der Waals surface area (Å²) in [6.45, 7) is 1.41.